The van der Waals surface area contributed by atoms with Crippen molar-refractivity contribution in [3.8, 4) is 0 Å². The monoisotopic (exact) mass is 174 g/mol. The van der Waals surface area contributed by atoms with Gasteiger partial charge in [0.05, 0.1) is 6.61 Å². The fraction of sp³-hybridized carbons (Fsp3) is 1.00. The average Bonchev–Trinajstić information content (AvgIpc) is 1.63. The Bertz CT molecular complexity index is 86.9. The lowest BCUT2D eigenvalue weighted by atomic mass is 10.5. The summed E-state index contributed by atoms with van der Waals surface area (Å²) < 4.78 is 8.88. The highest BCUT2D eigenvalue weighted by Crippen LogP contribution is 2.25. The maximum atomic E-state index is 8.88. The van der Waals surface area contributed by atoms with Crippen LogP contribution in [0.3, 0.4) is 0 Å². The van der Waals surface area contributed by atoms with E-state index in [-0.39, 0.29) is 0 Å². The maximum Gasteiger partial charge on any atom is 0.466 e. The molecule has 7 heteroatoms. The van der Waals surface area contributed by atoms with Crippen LogP contribution in [0.25, 0.3) is 0 Å². The maximum absolute atomic E-state index is 8.88. The van der Waals surface area contributed by atoms with Crippen molar-refractivity contribution in [2.75, 3.05) is 6.61 Å². The summed E-state index contributed by atoms with van der Waals surface area (Å²) in [6, 6.07) is 0. The van der Waals surface area contributed by atoms with Crippen LogP contribution in [-0.4, -0.2) is 26.5 Å². The summed E-state index contributed by atoms with van der Waals surface area (Å²) in [6.07, 6.45) is 0.872. The van der Waals surface area contributed by atoms with Gasteiger partial charge in [0.15, 0.2) is 0 Å². The molecular formula is C3H11O6P. The number of hydrogen-bond acceptors (Lipinski definition) is 3. The summed E-state index contributed by atoms with van der Waals surface area (Å²) in [7, 11) is -4.64. The van der Waals surface area contributed by atoms with Crippen LogP contribution >= 0.6 is 7.82 Å². The molecule has 0 radical (unpaired) electrons. The smallest absolute Gasteiger partial charge is 0.303 e. The van der Waals surface area contributed by atoms with E-state index >= 15 is 0 Å². The third kappa shape index (κ3) is 96.3. The fourth-order valence-electron chi connectivity index (χ4n) is 0.0913. The van der Waals surface area contributed by atoms with Crippen LogP contribution in [0.4, 0.5) is 0 Å². The van der Waals surface area contributed by atoms with Gasteiger partial charge >= 0.3 is 7.82 Å². The van der Waals surface area contributed by atoms with Gasteiger partial charge in [0.1, 0.15) is 0 Å². The van der Waals surface area contributed by atoms with Crippen LogP contribution in [0.5, 0.6) is 0 Å². The second-order valence-electron chi connectivity index (χ2n) is 1.35. The predicted molar refractivity (Wildman–Crippen MR) is 33.1 cm³/mol. The third-order valence-corrected chi connectivity index (χ3v) is 0.295. The SMILES string of the molecule is CCCOO.O=P(O)(O)O. The van der Waals surface area contributed by atoms with Crippen LogP contribution in [0, 0.1) is 0 Å². The first-order chi connectivity index (χ1) is 4.41. The molecule has 0 heterocycles. The number of phosphoric acid groups is 1. The molecule has 0 saturated heterocycles. The van der Waals surface area contributed by atoms with Gasteiger partial charge in [-0.25, -0.2) is 9.45 Å². The van der Waals surface area contributed by atoms with Crippen molar-refractivity contribution in [3.63, 3.8) is 0 Å². The summed E-state index contributed by atoms with van der Waals surface area (Å²) >= 11 is 0. The minimum atomic E-state index is -4.64. The molecule has 0 atom stereocenters. The lowest BCUT2D eigenvalue weighted by molar-refractivity contribution is -0.241. The molecule has 0 aromatic carbocycles. The molecule has 6 nitrogen and oxygen atoms in total. The van der Waals surface area contributed by atoms with Crippen molar-refractivity contribution in [1.29, 1.82) is 0 Å². The van der Waals surface area contributed by atoms with Gasteiger partial charge in [-0.05, 0) is 6.42 Å². The zero-order chi connectivity index (χ0) is 8.62. The summed E-state index contributed by atoms with van der Waals surface area (Å²) in [4.78, 5) is 25.3. The molecule has 0 fully saturated rings. The summed E-state index contributed by atoms with van der Waals surface area (Å²) in [5.41, 5.74) is 0. The van der Waals surface area contributed by atoms with Gasteiger partial charge in [-0.2, -0.15) is 0 Å². The first kappa shape index (κ1) is 12.7. The van der Waals surface area contributed by atoms with E-state index in [1.54, 1.807) is 0 Å². The van der Waals surface area contributed by atoms with Crippen LogP contribution in [0.15, 0.2) is 0 Å². The summed E-state index contributed by atoms with van der Waals surface area (Å²) in [6.45, 7) is 2.37. The quantitative estimate of drug-likeness (QED) is 0.266. The molecule has 0 bridgehead atoms. The Morgan fingerprint density at radius 3 is 1.70 bits per heavy atom. The van der Waals surface area contributed by atoms with E-state index < -0.39 is 7.82 Å². The molecule has 0 amide bonds. The molecular weight excluding hydrogens is 163 g/mol. The summed E-state index contributed by atoms with van der Waals surface area (Å²) in [5.74, 6) is 0. The van der Waals surface area contributed by atoms with E-state index in [2.05, 4.69) is 4.89 Å². The van der Waals surface area contributed by atoms with E-state index in [1.807, 2.05) is 6.92 Å². The normalized spacial score (nSPS) is 10.1. The first-order valence-electron chi connectivity index (χ1n) is 2.46. The van der Waals surface area contributed by atoms with Crippen molar-refractivity contribution >= 4 is 7.82 Å². The lowest BCUT2D eigenvalue weighted by Gasteiger charge is -1.82. The van der Waals surface area contributed by atoms with Crippen LogP contribution < -0.4 is 0 Å². The van der Waals surface area contributed by atoms with Crippen molar-refractivity contribution < 1.29 is 29.4 Å². The highest BCUT2D eigenvalue weighted by atomic mass is 31.2. The topological polar surface area (TPSA) is 107 Å². The molecule has 0 rings (SSSR count). The van der Waals surface area contributed by atoms with Gasteiger partial charge in [-0.1, -0.05) is 6.92 Å². The van der Waals surface area contributed by atoms with Crippen molar-refractivity contribution in [1.82, 2.24) is 0 Å². The minimum Gasteiger partial charge on any atom is -0.303 e. The van der Waals surface area contributed by atoms with Gasteiger partial charge in [-0.3, -0.25) is 5.26 Å². The van der Waals surface area contributed by atoms with Gasteiger partial charge in [0.25, 0.3) is 0 Å². The van der Waals surface area contributed by atoms with E-state index in [0.29, 0.717) is 6.61 Å². The lowest BCUT2D eigenvalue weighted by Crippen LogP contribution is -1.81. The molecule has 0 aromatic rings. The van der Waals surface area contributed by atoms with Crippen LogP contribution in [0.2, 0.25) is 0 Å². The highest BCUT2D eigenvalue weighted by Gasteiger charge is 2.00. The van der Waals surface area contributed by atoms with Crippen molar-refractivity contribution in [2.45, 2.75) is 13.3 Å². The molecule has 0 aliphatic heterocycles. The Kier molecular flexibility index (Phi) is 9.06. The standard InChI is InChI=1S/C3H8O2.H3O4P/c1-2-3-5-4;1-5(2,3)4/h4H,2-3H2,1H3;(H3,1,2,3,4). The third-order valence-electron chi connectivity index (χ3n) is 0.295. The summed E-state index contributed by atoms with van der Waals surface area (Å²) in [5, 5.41) is 7.57. The second-order valence-corrected chi connectivity index (χ2v) is 2.37. The van der Waals surface area contributed by atoms with E-state index in [0.717, 1.165) is 6.42 Å². The van der Waals surface area contributed by atoms with Gasteiger partial charge in [0.2, 0.25) is 0 Å². The van der Waals surface area contributed by atoms with Gasteiger partial charge in [-0.15, -0.1) is 0 Å². The van der Waals surface area contributed by atoms with E-state index in [1.165, 1.54) is 0 Å². The molecule has 10 heavy (non-hydrogen) atoms. The van der Waals surface area contributed by atoms with Gasteiger partial charge in [0, 0.05) is 0 Å². The largest absolute Gasteiger partial charge is 0.466 e. The van der Waals surface area contributed by atoms with Crippen molar-refractivity contribution in [2.24, 2.45) is 0 Å². The zero-order valence-corrected chi connectivity index (χ0v) is 6.36. The highest BCUT2D eigenvalue weighted by molar-refractivity contribution is 7.45. The first-order valence-corrected chi connectivity index (χ1v) is 4.03. The Morgan fingerprint density at radius 1 is 1.40 bits per heavy atom. The average molecular weight is 174 g/mol. The molecule has 0 aliphatic carbocycles. The zero-order valence-electron chi connectivity index (χ0n) is 5.47. The number of hydrogen-bond donors (Lipinski definition) is 4. The Labute approximate surface area is 58.2 Å². The predicted octanol–water partition coefficient (Wildman–Crippen LogP) is -0.0426. The molecule has 4 N–H and O–H groups in total. The van der Waals surface area contributed by atoms with E-state index in [4.69, 9.17) is 24.5 Å². The van der Waals surface area contributed by atoms with Crippen LogP contribution in [0.1, 0.15) is 13.3 Å². The van der Waals surface area contributed by atoms with Crippen LogP contribution in [-0.2, 0) is 9.45 Å². The Balaban J connectivity index is 0. The molecule has 0 saturated carbocycles. The molecule has 0 unspecified atom stereocenters. The Morgan fingerprint density at radius 2 is 1.70 bits per heavy atom. The Hall–Kier alpha value is 0.0300. The fourth-order valence-corrected chi connectivity index (χ4v) is 0.0913. The molecule has 0 aliphatic rings. The molecule has 0 aromatic heterocycles. The minimum absolute atomic E-state index is 0.444. The van der Waals surface area contributed by atoms with Gasteiger partial charge < -0.3 is 14.7 Å². The molecule has 64 valence electrons. The molecule has 0 spiro atoms. The van der Waals surface area contributed by atoms with E-state index in [9.17, 15) is 0 Å². The van der Waals surface area contributed by atoms with Crippen molar-refractivity contribution in [3.05, 3.63) is 0 Å². The second kappa shape index (κ2) is 7.14. The number of rotatable bonds is 2.